The molecule has 0 radical (unpaired) electrons. The van der Waals surface area contributed by atoms with Gasteiger partial charge in [0.15, 0.2) is 6.61 Å². The molecule has 1 N–H and O–H groups in total. The molecule has 2 rings (SSSR count). The van der Waals surface area contributed by atoms with Gasteiger partial charge in [0.2, 0.25) is 0 Å². The summed E-state index contributed by atoms with van der Waals surface area (Å²) in [7, 11) is 4.06. The van der Waals surface area contributed by atoms with Crippen LogP contribution in [0.15, 0.2) is 42.5 Å². The summed E-state index contributed by atoms with van der Waals surface area (Å²) in [5.41, 5.74) is 0. The van der Waals surface area contributed by atoms with E-state index in [0.717, 1.165) is 23.1 Å². The molecule has 4 nitrogen and oxygen atoms in total. The van der Waals surface area contributed by atoms with Crippen LogP contribution in [0, 0.1) is 5.92 Å². The molecule has 0 saturated carbocycles. The van der Waals surface area contributed by atoms with Gasteiger partial charge in [-0.1, -0.05) is 43.3 Å². The van der Waals surface area contributed by atoms with Gasteiger partial charge >= 0.3 is 0 Å². The summed E-state index contributed by atoms with van der Waals surface area (Å²) in [6, 6.07) is 13.9. The molecule has 0 aliphatic carbocycles. The summed E-state index contributed by atoms with van der Waals surface area (Å²) in [6.07, 6.45) is 0. The average Bonchev–Trinajstić information content (AvgIpc) is 2.50. The third kappa shape index (κ3) is 4.74. The van der Waals surface area contributed by atoms with Gasteiger partial charge in [-0.25, -0.2) is 0 Å². The Balaban J connectivity index is 1.85. The lowest BCUT2D eigenvalue weighted by atomic mass is 10.1. The largest absolute Gasteiger partial charge is 0.483 e. The zero-order valence-corrected chi connectivity index (χ0v) is 13.5. The molecule has 4 heteroatoms. The van der Waals surface area contributed by atoms with E-state index in [-0.39, 0.29) is 12.5 Å². The van der Waals surface area contributed by atoms with E-state index in [9.17, 15) is 4.79 Å². The van der Waals surface area contributed by atoms with Crippen LogP contribution in [-0.2, 0) is 4.79 Å². The number of hydrogen-bond donors (Lipinski definition) is 1. The topological polar surface area (TPSA) is 41.6 Å². The molecule has 1 amide bonds. The Morgan fingerprint density at radius 1 is 1.18 bits per heavy atom. The summed E-state index contributed by atoms with van der Waals surface area (Å²) in [6.45, 7) is 3.77. The molecule has 2 aromatic carbocycles. The molecule has 0 aliphatic heterocycles. The highest BCUT2D eigenvalue weighted by Crippen LogP contribution is 2.24. The third-order valence-electron chi connectivity index (χ3n) is 3.43. The summed E-state index contributed by atoms with van der Waals surface area (Å²) >= 11 is 0. The second-order valence-electron chi connectivity index (χ2n) is 5.94. The minimum Gasteiger partial charge on any atom is -0.483 e. The molecule has 0 heterocycles. The van der Waals surface area contributed by atoms with Crippen molar-refractivity contribution in [1.82, 2.24) is 10.2 Å². The van der Waals surface area contributed by atoms with E-state index >= 15 is 0 Å². The number of rotatable bonds is 7. The van der Waals surface area contributed by atoms with Gasteiger partial charge < -0.3 is 15.0 Å². The number of carbonyl (C=O) groups excluding carboxylic acids is 1. The van der Waals surface area contributed by atoms with Crippen LogP contribution in [0.3, 0.4) is 0 Å². The second kappa shape index (κ2) is 7.80. The molecule has 0 saturated heterocycles. The lowest BCUT2D eigenvalue weighted by Gasteiger charge is -2.17. The van der Waals surface area contributed by atoms with Crippen LogP contribution in [-0.4, -0.2) is 44.6 Å². The highest BCUT2D eigenvalue weighted by molar-refractivity contribution is 5.88. The van der Waals surface area contributed by atoms with Crippen LogP contribution in [0.25, 0.3) is 10.8 Å². The van der Waals surface area contributed by atoms with Gasteiger partial charge in [-0.2, -0.15) is 0 Å². The zero-order valence-electron chi connectivity index (χ0n) is 13.5. The number of amides is 1. The average molecular weight is 300 g/mol. The summed E-state index contributed by atoms with van der Waals surface area (Å²) in [4.78, 5) is 14.0. The molecule has 1 unspecified atom stereocenters. The highest BCUT2D eigenvalue weighted by Gasteiger charge is 2.08. The van der Waals surface area contributed by atoms with Crippen LogP contribution in [0.5, 0.6) is 5.75 Å². The van der Waals surface area contributed by atoms with Crippen LogP contribution in [0.2, 0.25) is 0 Å². The van der Waals surface area contributed by atoms with Crippen LogP contribution in [0.4, 0.5) is 0 Å². The minimum atomic E-state index is -0.0847. The fourth-order valence-electron chi connectivity index (χ4n) is 2.49. The molecule has 0 aliphatic rings. The van der Waals surface area contributed by atoms with Crippen molar-refractivity contribution in [3.8, 4) is 5.75 Å². The first-order valence-electron chi connectivity index (χ1n) is 7.58. The standard InChI is InChI=1S/C18H24N2O2/c1-14(12-20(2)3)11-19-18(21)13-22-17-10-6-8-15-7-4-5-9-16(15)17/h4-10,14H,11-13H2,1-3H3,(H,19,21). The van der Waals surface area contributed by atoms with Gasteiger partial charge in [0.05, 0.1) is 0 Å². The van der Waals surface area contributed by atoms with Gasteiger partial charge in [0, 0.05) is 18.5 Å². The fourth-order valence-corrected chi connectivity index (χ4v) is 2.49. The highest BCUT2D eigenvalue weighted by atomic mass is 16.5. The lowest BCUT2D eigenvalue weighted by molar-refractivity contribution is -0.123. The molecule has 0 aromatic heterocycles. The van der Waals surface area contributed by atoms with Crippen LogP contribution < -0.4 is 10.1 Å². The van der Waals surface area contributed by atoms with Gasteiger partial charge in [0.25, 0.3) is 5.91 Å². The molecular weight excluding hydrogens is 276 g/mol. The van der Waals surface area contributed by atoms with Gasteiger partial charge in [-0.3, -0.25) is 4.79 Å². The van der Waals surface area contributed by atoms with E-state index in [0.29, 0.717) is 12.5 Å². The second-order valence-corrected chi connectivity index (χ2v) is 5.94. The number of ether oxygens (including phenoxy) is 1. The lowest BCUT2D eigenvalue weighted by Crippen LogP contribution is -2.35. The Kier molecular flexibility index (Phi) is 5.78. The van der Waals surface area contributed by atoms with Crippen LogP contribution in [0.1, 0.15) is 6.92 Å². The molecule has 118 valence electrons. The molecular formula is C18H24N2O2. The SMILES string of the molecule is CC(CNC(=O)COc1cccc2ccccc12)CN(C)C. The number of fused-ring (bicyclic) bond motifs is 1. The summed E-state index contributed by atoms with van der Waals surface area (Å²) in [5, 5.41) is 5.05. The van der Waals surface area contributed by atoms with E-state index in [1.807, 2.05) is 56.6 Å². The quantitative estimate of drug-likeness (QED) is 0.854. The molecule has 1 atom stereocenters. The fraction of sp³-hybridized carbons (Fsp3) is 0.389. The van der Waals surface area contributed by atoms with Crippen molar-refractivity contribution in [3.05, 3.63) is 42.5 Å². The Hall–Kier alpha value is -2.07. The number of nitrogens with zero attached hydrogens (tertiary/aromatic N) is 1. The van der Waals surface area contributed by atoms with Crippen molar-refractivity contribution >= 4 is 16.7 Å². The molecule has 0 spiro atoms. The molecule has 22 heavy (non-hydrogen) atoms. The predicted molar refractivity (Wildman–Crippen MR) is 90.2 cm³/mol. The van der Waals surface area contributed by atoms with E-state index in [4.69, 9.17) is 4.74 Å². The number of hydrogen-bond acceptors (Lipinski definition) is 3. The van der Waals surface area contributed by atoms with Crippen molar-refractivity contribution in [2.24, 2.45) is 5.92 Å². The third-order valence-corrected chi connectivity index (χ3v) is 3.43. The Bertz CT molecular complexity index is 620. The van der Waals surface area contributed by atoms with Crippen molar-refractivity contribution < 1.29 is 9.53 Å². The normalized spacial score (nSPS) is 12.4. The van der Waals surface area contributed by atoms with Crippen molar-refractivity contribution in [3.63, 3.8) is 0 Å². The van der Waals surface area contributed by atoms with E-state index in [2.05, 4.69) is 17.1 Å². The van der Waals surface area contributed by atoms with Gasteiger partial charge in [-0.15, -0.1) is 0 Å². The summed E-state index contributed by atoms with van der Waals surface area (Å²) < 4.78 is 5.67. The number of nitrogens with one attached hydrogen (secondary N) is 1. The molecule has 2 aromatic rings. The van der Waals surface area contributed by atoms with Crippen LogP contribution >= 0.6 is 0 Å². The van der Waals surface area contributed by atoms with Crippen molar-refractivity contribution in [1.29, 1.82) is 0 Å². The maximum Gasteiger partial charge on any atom is 0.257 e. The minimum absolute atomic E-state index is 0.0443. The maximum atomic E-state index is 11.9. The molecule has 0 bridgehead atoms. The monoisotopic (exact) mass is 300 g/mol. The molecule has 0 fully saturated rings. The first-order valence-corrected chi connectivity index (χ1v) is 7.58. The van der Waals surface area contributed by atoms with E-state index in [1.165, 1.54) is 0 Å². The Labute approximate surface area is 132 Å². The smallest absolute Gasteiger partial charge is 0.257 e. The van der Waals surface area contributed by atoms with Gasteiger partial charge in [0.1, 0.15) is 5.75 Å². The van der Waals surface area contributed by atoms with E-state index in [1.54, 1.807) is 0 Å². The van der Waals surface area contributed by atoms with Gasteiger partial charge in [-0.05, 0) is 31.5 Å². The first kappa shape index (κ1) is 16.3. The Morgan fingerprint density at radius 2 is 1.91 bits per heavy atom. The Morgan fingerprint density at radius 3 is 2.68 bits per heavy atom. The van der Waals surface area contributed by atoms with Crippen molar-refractivity contribution in [2.45, 2.75) is 6.92 Å². The van der Waals surface area contributed by atoms with Crippen molar-refractivity contribution in [2.75, 3.05) is 33.8 Å². The maximum absolute atomic E-state index is 11.9. The predicted octanol–water partition coefficient (Wildman–Crippen LogP) is 2.53. The first-order chi connectivity index (χ1) is 10.6. The summed E-state index contributed by atoms with van der Waals surface area (Å²) in [5.74, 6) is 1.07. The number of carbonyl (C=O) groups is 1. The van der Waals surface area contributed by atoms with E-state index < -0.39 is 0 Å². The number of benzene rings is 2. The zero-order chi connectivity index (χ0) is 15.9.